The summed E-state index contributed by atoms with van der Waals surface area (Å²) in [6.45, 7) is 2.86. The Balaban J connectivity index is 2.23. The van der Waals surface area contributed by atoms with Crippen molar-refractivity contribution in [2.24, 2.45) is 0 Å². The lowest BCUT2D eigenvalue weighted by molar-refractivity contribution is 0.178. The van der Waals surface area contributed by atoms with Gasteiger partial charge in [0.15, 0.2) is 0 Å². The van der Waals surface area contributed by atoms with Crippen LogP contribution in [0.25, 0.3) is 0 Å². The summed E-state index contributed by atoms with van der Waals surface area (Å²) < 4.78 is 5.87. The normalized spacial score (nSPS) is 11.1. The predicted octanol–water partition coefficient (Wildman–Crippen LogP) is 2.87. The van der Waals surface area contributed by atoms with Crippen molar-refractivity contribution in [1.29, 1.82) is 0 Å². The molecule has 0 aromatic carbocycles. The van der Waals surface area contributed by atoms with Crippen LogP contribution in [0.15, 0.2) is 12.1 Å². The molecular formula is C10H16ClNOS. The number of hydrogen-bond donors (Lipinski definition) is 0. The highest BCUT2D eigenvalue weighted by Crippen LogP contribution is 2.22. The summed E-state index contributed by atoms with van der Waals surface area (Å²) in [6, 6.07) is 4.03. The SMILES string of the molecule is COCCCN(C)Cc1ccc(Cl)s1. The second kappa shape index (κ2) is 6.40. The number of hydrogen-bond acceptors (Lipinski definition) is 3. The highest BCUT2D eigenvalue weighted by atomic mass is 35.5. The van der Waals surface area contributed by atoms with Crippen molar-refractivity contribution in [3.8, 4) is 0 Å². The molecule has 1 aromatic rings. The maximum Gasteiger partial charge on any atom is 0.0931 e. The van der Waals surface area contributed by atoms with Crippen LogP contribution in [0, 0.1) is 0 Å². The van der Waals surface area contributed by atoms with Gasteiger partial charge in [-0.3, -0.25) is 0 Å². The van der Waals surface area contributed by atoms with Gasteiger partial charge in [-0.05, 0) is 25.6 Å². The van der Waals surface area contributed by atoms with Crippen molar-refractivity contribution in [3.63, 3.8) is 0 Å². The average Bonchev–Trinajstić information content (AvgIpc) is 2.52. The van der Waals surface area contributed by atoms with E-state index in [-0.39, 0.29) is 0 Å². The third-order valence-electron chi connectivity index (χ3n) is 1.94. The van der Waals surface area contributed by atoms with Crippen LogP contribution in [0.3, 0.4) is 0 Å². The van der Waals surface area contributed by atoms with E-state index >= 15 is 0 Å². The third-order valence-corrected chi connectivity index (χ3v) is 3.16. The van der Waals surface area contributed by atoms with Crippen molar-refractivity contribution >= 4 is 22.9 Å². The molecule has 0 saturated carbocycles. The monoisotopic (exact) mass is 233 g/mol. The Morgan fingerprint density at radius 2 is 2.29 bits per heavy atom. The lowest BCUT2D eigenvalue weighted by atomic mass is 10.4. The van der Waals surface area contributed by atoms with E-state index in [9.17, 15) is 0 Å². The van der Waals surface area contributed by atoms with Gasteiger partial charge >= 0.3 is 0 Å². The predicted molar refractivity (Wildman–Crippen MR) is 62.2 cm³/mol. The van der Waals surface area contributed by atoms with Crippen molar-refractivity contribution in [2.75, 3.05) is 27.3 Å². The molecule has 0 aliphatic carbocycles. The lowest BCUT2D eigenvalue weighted by Crippen LogP contribution is -2.19. The summed E-state index contributed by atoms with van der Waals surface area (Å²) in [7, 11) is 3.85. The first-order valence-electron chi connectivity index (χ1n) is 4.64. The highest BCUT2D eigenvalue weighted by molar-refractivity contribution is 7.16. The van der Waals surface area contributed by atoms with Crippen LogP contribution in [-0.2, 0) is 11.3 Å². The molecule has 0 atom stereocenters. The minimum absolute atomic E-state index is 0.829. The lowest BCUT2D eigenvalue weighted by Gasteiger charge is -2.14. The van der Waals surface area contributed by atoms with Gasteiger partial charge in [-0.25, -0.2) is 0 Å². The van der Waals surface area contributed by atoms with Crippen LogP contribution in [-0.4, -0.2) is 32.2 Å². The number of nitrogens with zero attached hydrogens (tertiary/aromatic N) is 1. The van der Waals surface area contributed by atoms with E-state index in [1.54, 1.807) is 18.4 Å². The smallest absolute Gasteiger partial charge is 0.0931 e. The minimum atomic E-state index is 0.829. The molecule has 0 fully saturated rings. The largest absolute Gasteiger partial charge is 0.385 e. The van der Waals surface area contributed by atoms with Gasteiger partial charge in [0.25, 0.3) is 0 Å². The van der Waals surface area contributed by atoms with E-state index in [4.69, 9.17) is 16.3 Å². The average molecular weight is 234 g/mol. The highest BCUT2D eigenvalue weighted by Gasteiger charge is 2.02. The molecule has 0 spiro atoms. The first kappa shape index (κ1) is 12.0. The van der Waals surface area contributed by atoms with Gasteiger partial charge in [0.1, 0.15) is 0 Å². The topological polar surface area (TPSA) is 12.5 Å². The Kier molecular flexibility index (Phi) is 5.48. The second-order valence-electron chi connectivity index (χ2n) is 3.29. The summed E-state index contributed by atoms with van der Waals surface area (Å²) in [5, 5.41) is 0. The minimum Gasteiger partial charge on any atom is -0.385 e. The number of rotatable bonds is 6. The molecule has 0 unspecified atom stereocenters. The quantitative estimate of drug-likeness (QED) is 0.701. The molecule has 1 rings (SSSR count). The van der Waals surface area contributed by atoms with Crippen LogP contribution < -0.4 is 0 Å². The van der Waals surface area contributed by atoms with E-state index in [0.29, 0.717) is 0 Å². The van der Waals surface area contributed by atoms with E-state index in [0.717, 1.165) is 30.5 Å². The zero-order chi connectivity index (χ0) is 10.4. The van der Waals surface area contributed by atoms with Crippen molar-refractivity contribution in [3.05, 3.63) is 21.3 Å². The molecule has 80 valence electrons. The Morgan fingerprint density at radius 1 is 1.50 bits per heavy atom. The molecule has 0 saturated heterocycles. The molecule has 14 heavy (non-hydrogen) atoms. The van der Waals surface area contributed by atoms with Crippen molar-refractivity contribution in [1.82, 2.24) is 4.90 Å². The van der Waals surface area contributed by atoms with Gasteiger partial charge in [0, 0.05) is 31.7 Å². The number of methoxy groups -OCH3 is 1. The number of halogens is 1. The molecule has 0 aliphatic heterocycles. The Morgan fingerprint density at radius 3 is 2.86 bits per heavy atom. The molecule has 0 bridgehead atoms. The standard InChI is InChI=1S/C10H16ClNOS/c1-12(6-3-7-13-2)8-9-4-5-10(11)14-9/h4-5H,3,6-8H2,1-2H3. The van der Waals surface area contributed by atoms with Crippen molar-refractivity contribution < 1.29 is 4.74 Å². The van der Waals surface area contributed by atoms with Gasteiger partial charge in [0.2, 0.25) is 0 Å². The molecule has 1 aromatic heterocycles. The van der Waals surface area contributed by atoms with E-state index < -0.39 is 0 Å². The molecule has 2 nitrogen and oxygen atoms in total. The summed E-state index contributed by atoms with van der Waals surface area (Å²) >= 11 is 7.50. The van der Waals surface area contributed by atoms with Gasteiger partial charge in [-0.15, -0.1) is 11.3 Å². The molecule has 0 radical (unpaired) electrons. The zero-order valence-corrected chi connectivity index (χ0v) is 10.2. The van der Waals surface area contributed by atoms with Crippen LogP contribution >= 0.6 is 22.9 Å². The van der Waals surface area contributed by atoms with Gasteiger partial charge in [0.05, 0.1) is 4.34 Å². The number of thiophene rings is 1. The summed E-state index contributed by atoms with van der Waals surface area (Å²) in [4.78, 5) is 3.59. The third kappa shape index (κ3) is 4.42. The maximum absolute atomic E-state index is 5.85. The zero-order valence-electron chi connectivity index (χ0n) is 8.62. The van der Waals surface area contributed by atoms with Gasteiger partial charge < -0.3 is 9.64 Å². The van der Waals surface area contributed by atoms with E-state index in [2.05, 4.69) is 18.0 Å². The van der Waals surface area contributed by atoms with Crippen molar-refractivity contribution in [2.45, 2.75) is 13.0 Å². The fourth-order valence-electron chi connectivity index (χ4n) is 1.26. The first-order chi connectivity index (χ1) is 6.72. The van der Waals surface area contributed by atoms with E-state index in [1.165, 1.54) is 4.88 Å². The number of ether oxygens (including phenoxy) is 1. The molecule has 0 aliphatic rings. The second-order valence-corrected chi connectivity index (χ2v) is 5.09. The van der Waals surface area contributed by atoms with Gasteiger partial charge in [-0.2, -0.15) is 0 Å². The summed E-state index contributed by atoms with van der Waals surface area (Å²) in [5.74, 6) is 0. The molecule has 1 heterocycles. The molecule has 0 amide bonds. The van der Waals surface area contributed by atoms with Gasteiger partial charge in [-0.1, -0.05) is 11.6 Å². The van der Waals surface area contributed by atoms with Crippen LogP contribution in [0.4, 0.5) is 0 Å². The molecule has 0 N–H and O–H groups in total. The summed E-state index contributed by atoms with van der Waals surface area (Å²) in [5.41, 5.74) is 0. The van der Waals surface area contributed by atoms with E-state index in [1.807, 2.05) is 6.07 Å². The van der Waals surface area contributed by atoms with Crippen LogP contribution in [0.1, 0.15) is 11.3 Å². The fourth-order valence-corrected chi connectivity index (χ4v) is 2.43. The summed E-state index contributed by atoms with van der Waals surface area (Å²) in [6.07, 6.45) is 1.08. The first-order valence-corrected chi connectivity index (χ1v) is 5.83. The van der Waals surface area contributed by atoms with Crippen LogP contribution in [0.5, 0.6) is 0 Å². The Hall–Kier alpha value is -0.0900. The van der Waals surface area contributed by atoms with Crippen LogP contribution in [0.2, 0.25) is 4.34 Å². The Labute approximate surface area is 94.4 Å². The Bertz CT molecular complexity index is 264. The maximum atomic E-state index is 5.85. The molecular weight excluding hydrogens is 218 g/mol. The fraction of sp³-hybridized carbons (Fsp3) is 0.600. The molecule has 4 heteroatoms.